The highest BCUT2D eigenvalue weighted by Crippen LogP contribution is 2.26. The van der Waals surface area contributed by atoms with Crippen molar-refractivity contribution in [3.63, 3.8) is 0 Å². The van der Waals surface area contributed by atoms with Crippen LogP contribution in [0, 0.1) is 18.6 Å². The molecule has 1 aliphatic heterocycles. The molecule has 0 unspecified atom stereocenters. The van der Waals surface area contributed by atoms with E-state index >= 15 is 0 Å². The topological polar surface area (TPSA) is 66.4 Å². The van der Waals surface area contributed by atoms with Gasteiger partial charge in [0.25, 0.3) is 0 Å². The fourth-order valence-electron chi connectivity index (χ4n) is 3.38. The van der Waals surface area contributed by atoms with Gasteiger partial charge in [0.15, 0.2) is 10.7 Å². The van der Waals surface area contributed by atoms with Gasteiger partial charge in [-0.05, 0) is 31.2 Å². The summed E-state index contributed by atoms with van der Waals surface area (Å²) in [5.74, 6) is -1.48. The monoisotopic (exact) mass is 404 g/mol. The largest absolute Gasteiger partial charge is 0.352 e. The summed E-state index contributed by atoms with van der Waals surface area (Å²) >= 11 is 0. The number of sulfonamides is 1. The van der Waals surface area contributed by atoms with E-state index in [-0.39, 0.29) is 13.1 Å². The molecule has 0 spiro atoms. The summed E-state index contributed by atoms with van der Waals surface area (Å²) in [7, 11) is -4.25. The molecule has 1 aromatic heterocycles. The van der Waals surface area contributed by atoms with E-state index in [2.05, 4.69) is 9.97 Å². The van der Waals surface area contributed by atoms with Gasteiger partial charge in [-0.15, -0.1) is 0 Å². The third-order valence-corrected chi connectivity index (χ3v) is 6.73. The lowest BCUT2D eigenvalue weighted by Gasteiger charge is -2.35. The molecule has 28 heavy (non-hydrogen) atoms. The molecular formula is C19H18F2N4O2S. The molecule has 9 heteroatoms. The molecular weight excluding hydrogens is 386 g/mol. The second-order valence-electron chi connectivity index (χ2n) is 6.56. The molecule has 4 rings (SSSR count). The van der Waals surface area contributed by atoms with Crippen LogP contribution in [0.4, 0.5) is 14.6 Å². The first-order valence-electron chi connectivity index (χ1n) is 8.80. The Labute approximate surface area is 161 Å². The first-order chi connectivity index (χ1) is 13.4. The third-order valence-electron chi connectivity index (χ3n) is 4.77. The van der Waals surface area contributed by atoms with Crippen LogP contribution in [0.2, 0.25) is 0 Å². The number of para-hydroxylation sites is 2. The summed E-state index contributed by atoms with van der Waals surface area (Å²) in [6.07, 6.45) is 0. The predicted octanol–water partition coefficient (Wildman–Crippen LogP) is 2.73. The molecule has 1 fully saturated rings. The van der Waals surface area contributed by atoms with Crippen LogP contribution in [0.3, 0.4) is 0 Å². The van der Waals surface area contributed by atoms with Crippen molar-refractivity contribution in [3.8, 4) is 0 Å². The predicted molar refractivity (Wildman–Crippen MR) is 102 cm³/mol. The molecule has 0 N–H and O–H groups in total. The van der Waals surface area contributed by atoms with Crippen molar-refractivity contribution in [2.24, 2.45) is 0 Å². The van der Waals surface area contributed by atoms with E-state index in [0.717, 1.165) is 39.2 Å². The molecule has 0 saturated carbocycles. The van der Waals surface area contributed by atoms with Crippen molar-refractivity contribution in [1.29, 1.82) is 0 Å². The van der Waals surface area contributed by atoms with Gasteiger partial charge in [0.1, 0.15) is 11.6 Å². The molecule has 146 valence electrons. The SMILES string of the molecule is Cc1nc2ccccc2nc1N1CCN(S(=O)(=O)c2c(F)cccc2F)CC1. The van der Waals surface area contributed by atoms with Crippen LogP contribution in [0.5, 0.6) is 0 Å². The van der Waals surface area contributed by atoms with Crippen LogP contribution < -0.4 is 4.90 Å². The van der Waals surface area contributed by atoms with Gasteiger partial charge in [-0.25, -0.2) is 27.2 Å². The molecule has 6 nitrogen and oxygen atoms in total. The first-order valence-corrected chi connectivity index (χ1v) is 10.2. The molecule has 1 aliphatic rings. The van der Waals surface area contributed by atoms with Gasteiger partial charge in [0, 0.05) is 26.2 Å². The number of aryl methyl sites for hydroxylation is 1. The maximum absolute atomic E-state index is 14.0. The average molecular weight is 404 g/mol. The molecule has 0 aliphatic carbocycles. The summed E-state index contributed by atoms with van der Waals surface area (Å²) < 4.78 is 54.5. The molecule has 2 heterocycles. The van der Waals surface area contributed by atoms with Crippen LogP contribution in [-0.4, -0.2) is 48.9 Å². The minimum absolute atomic E-state index is 0.101. The quantitative estimate of drug-likeness (QED) is 0.672. The van der Waals surface area contributed by atoms with Gasteiger partial charge in [0.2, 0.25) is 10.0 Å². The van der Waals surface area contributed by atoms with Crippen molar-refractivity contribution in [2.45, 2.75) is 11.8 Å². The van der Waals surface area contributed by atoms with Crippen molar-refractivity contribution in [1.82, 2.24) is 14.3 Å². The first kappa shape index (κ1) is 18.7. The second kappa shape index (κ2) is 7.06. The fourth-order valence-corrected chi connectivity index (χ4v) is 4.91. The van der Waals surface area contributed by atoms with Gasteiger partial charge in [0.05, 0.1) is 16.7 Å². The number of hydrogen-bond donors (Lipinski definition) is 0. The van der Waals surface area contributed by atoms with E-state index in [1.54, 1.807) is 0 Å². The van der Waals surface area contributed by atoms with E-state index in [0.29, 0.717) is 18.9 Å². The summed E-state index contributed by atoms with van der Waals surface area (Å²) in [5, 5.41) is 0. The van der Waals surface area contributed by atoms with Crippen LogP contribution >= 0.6 is 0 Å². The minimum Gasteiger partial charge on any atom is -0.352 e. The van der Waals surface area contributed by atoms with Crippen LogP contribution in [0.1, 0.15) is 5.69 Å². The minimum atomic E-state index is -4.25. The Morgan fingerprint density at radius 1 is 0.857 bits per heavy atom. The number of aromatic nitrogens is 2. The zero-order valence-electron chi connectivity index (χ0n) is 15.1. The van der Waals surface area contributed by atoms with Crippen LogP contribution in [-0.2, 0) is 10.0 Å². The highest BCUT2D eigenvalue weighted by Gasteiger charge is 2.33. The standard InChI is InChI=1S/C19H18F2N4O2S/c1-13-19(23-17-8-3-2-7-16(17)22-13)24-9-11-25(12-10-24)28(26,27)18-14(20)5-4-6-15(18)21/h2-8H,9-12H2,1H3. The maximum atomic E-state index is 14.0. The number of piperazine rings is 1. The smallest absolute Gasteiger partial charge is 0.249 e. The third kappa shape index (κ3) is 3.20. The van der Waals surface area contributed by atoms with E-state index in [9.17, 15) is 17.2 Å². The van der Waals surface area contributed by atoms with E-state index in [1.165, 1.54) is 0 Å². The normalized spacial score (nSPS) is 15.9. The molecule has 1 saturated heterocycles. The lowest BCUT2D eigenvalue weighted by Crippen LogP contribution is -2.49. The Morgan fingerprint density at radius 2 is 1.43 bits per heavy atom. The van der Waals surface area contributed by atoms with Crippen molar-refractivity contribution < 1.29 is 17.2 Å². The van der Waals surface area contributed by atoms with Crippen LogP contribution in [0.25, 0.3) is 11.0 Å². The van der Waals surface area contributed by atoms with Crippen molar-refractivity contribution in [2.75, 3.05) is 31.1 Å². The summed E-state index contributed by atoms with van der Waals surface area (Å²) in [6, 6.07) is 10.5. The van der Waals surface area contributed by atoms with Gasteiger partial charge >= 0.3 is 0 Å². The Bertz CT molecular complexity index is 1130. The molecule has 0 radical (unpaired) electrons. The highest BCUT2D eigenvalue weighted by atomic mass is 32.2. The van der Waals surface area contributed by atoms with Gasteiger partial charge < -0.3 is 4.90 Å². The molecule has 2 aromatic carbocycles. The molecule has 0 atom stereocenters. The number of anilines is 1. The Hall–Kier alpha value is -2.65. The fraction of sp³-hybridized carbons (Fsp3) is 0.263. The molecule has 3 aromatic rings. The summed E-state index contributed by atoms with van der Waals surface area (Å²) in [6.45, 7) is 2.76. The summed E-state index contributed by atoms with van der Waals surface area (Å²) in [4.78, 5) is 10.2. The Balaban J connectivity index is 1.58. The zero-order valence-corrected chi connectivity index (χ0v) is 16.0. The number of rotatable bonds is 3. The molecule has 0 bridgehead atoms. The molecule has 0 amide bonds. The zero-order chi connectivity index (χ0) is 19.9. The van der Waals surface area contributed by atoms with Crippen molar-refractivity contribution in [3.05, 3.63) is 59.8 Å². The van der Waals surface area contributed by atoms with Gasteiger partial charge in [-0.1, -0.05) is 18.2 Å². The number of benzene rings is 2. The number of nitrogens with zero attached hydrogens (tertiary/aromatic N) is 4. The highest BCUT2D eigenvalue weighted by molar-refractivity contribution is 7.89. The Kier molecular flexibility index (Phi) is 4.72. The number of halogens is 2. The van der Waals surface area contributed by atoms with Gasteiger partial charge in [-0.2, -0.15) is 4.31 Å². The van der Waals surface area contributed by atoms with Crippen LogP contribution in [0.15, 0.2) is 47.4 Å². The maximum Gasteiger partial charge on any atom is 0.249 e. The Morgan fingerprint density at radius 3 is 2.04 bits per heavy atom. The van der Waals surface area contributed by atoms with Crippen molar-refractivity contribution >= 4 is 26.9 Å². The van der Waals surface area contributed by atoms with E-state index in [1.807, 2.05) is 36.1 Å². The van der Waals surface area contributed by atoms with E-state index < -0.39 is 26.6 Å². The summed E-state index contributed by atoms with van der Waals surface area (Å²) in [5.41, 5.74) is 2.29. The lowest BCUT2D eigenvalue weighted by atomic mass is 10.2. The number of hydrogen-bond acceptors (Lipinski definition) is 5. The van der Waals surface area contributed by atoms with E-state index in [4.69, 9.17) is 0 Å². The van der Waals surface area contributed by atoms with Gasteiger partial charge in [-0.3, -0.25) is 0 Å². The average Bonchev–Trinajstić information content (AvgIpc) is 2.67. The second-order valence-corrected chi connectivity index (χ2v) is 8.44. The lowest BCUT2D eigenvalue weighted by molar-refractivity contribution is 0.377. The number of fused-ring (bicyclic) bond motifs is 1.